The minimum Gasteiger partial charge on any atom is -0.416 e. The van der Waals surface area contributed by atoms with Crippen LogP contribution in [0.4, 0.5) is 0 Å². The Bertz CT molecular complexity index is 584. The van der Waals surface area contributed by atoms with Gasteiger partial charge in [-0.2, -0.15) is 0 Å². The molecule has 0 saturated carbocycles. The Hall–Kier alpha value is -1.19. The van der Waals surface area contributed by atoms with E-state index in [4.69, 9.17) is 4.43 Å². The first kappa shape index (κ1) is 19.1. The van der Waals surface area contributed by atoms with E-state index in [9.17, 15) is 4.79 Å². The van der Waals surface area contributed by atoms with Gasteiger partial charge in [-0.25, -0.2) is 0 Å². The van der Waals surface area contributed by atoms with Crippen LogP contribution in [0.5, 0.6) is 0 Å². The lowest BCUT2D eigenvalue weighted by Gasteiger charge is -2.40. The Labute approximate surface area is 148 Å². The molecule has 0 spiro atoms. The zero-order chi connectivity index (χ0) is 17.8. The third kappa shape index (κ3) is 4.45. The molecule has 0 aromatic heterocycles. The Morgan fingerprint density at radius 2 is 1.79 bits per heavy atom. The largest absolute Gasteiger partial charge is 0.416 e. The first-order valence-electron chi connectivity index (χ1n) is 9.03. The number of rotatable bonds is 5. The van der Waals surface area contributed by atoms with Crippen LogP contribution in [0.3, 0.4) is 0 Å². The monoisotopic (exact) mass is 344 g/mol. The fourth-order valence-electron chi connectivity index (χ4n) is 2.90. The minimum atomic E-state index is -1.88. The number of carbonyl (C=O) groups excluding carboxylic acids is 1. The maximum absolute atomic E-state index is 13.0. The summed E-state index contributed by atoms with van der Waals surface area (Å²) in [5.41, 5.74) is 0.809. The van der Waals surface area contributed by atoms with Crippen molar-refractivity contribution in [2.45, 2.75) is 64.6 Å². The first-order chi connectivity index (χ1) is 11.2. The molecule has 0 N–H and O–H groups in total. The maximum atomic E-state index is 13.0. The van der Waals surface area contributed by atoms with Crippen molar-refractivity contribution in [2.24, 2.45) is 5.41 Å². The number of hydrogen-bond acceptors (Lipinski definition) is 2. The van der Waals surface area contributed by atoms with Crippen molar-refractivity contribution in [3.8, 4) is 0 Å². The highest BCUT2D eigenvalue weighted by Crippen LogP contribution is 2.40. The quantitative estimate of drug-likeness (QED) is 0.517. The minimum absolute atomic E-state index is 0.157. The van der Waals surface area contributed by atoms with Crippen LogP contribution in [0.2, 0.25) is 18.1 Å². The predicted molar refractivity (Wildman–Crippen MR) is 104 cm³/mol. The second-order valence-electron chi connectivity index (χ2n) is 8.63. The van der Waals surface area contributed by atoms with Crippen molar-refractivity contribution in [1.82, 2.24) is 0 Å². The lowest BCUT2D eigenvalue weighted by Crippen LogP contribution is -2.46. The lowest BCUT2D eigenvalue weighted by molar-refractivity contribution is -0.130. The van der Waals surface area contributed by atoms with E-state index in [0.29, 0.717) is 18.8 Å². The van der Waals surface area contributed by atoms with Crippen molar-refractivity contribution in [3.05, 3.63) is 48.0 Å². The van der Waals surface area contributed by atoms with Crippen molar-refractivity contribution >= 4 is 14.1 Å². The summed E-state index contributed by atoms with van der Waals surface area (Å²) in [4.78, 5) is 13.0. The fraction of sp³-hybridized carbons (Fsp3) is 0.571. The molecule has 0 fully saturated rings. The molecule has 0 saturated heterocycles. The summed E-state index contributed by atoms with van der Waals surface area (Å²) in [6.45, 7) is 11.8. The normalized spacial score (nSPS) is 22.5. The molecule has 0 radical (unpaired) electrons. The first-order valence-corrected chi connectivity index (χ1v) is 11.9. The Morgan fingerprint density at radius 3 is 2.42 bits per heavy atom. The fourth-order valence-corrected chi connectivity index (χ4v) is 3.97. The second kappa shape index (κ2) is 7.36. The van der Waals surface area contributed by atoms with Gasteiger partial charge in [0.2, 0.25) is 0 Å². The van der Waals surface area contributed by atoms with Crippen LogP contribution < -0.4 is 0 Å². The molecule has 3 heteroatoms. The summed E-state index contributed by atoms with van der Waals surface area (Å²) in [5.74, 6) is 0.357. The zero-order valence-electron chi connectivity index (χ0n) is 15.9. The van der Waals surface area contributed by atoms with E-state index in [-0.39, 0.29) is 5.04 Å². The molecule has 0 aliphatic heterocycles. The molecule has 0 amide bonds. The Morgan fingerprint density at radius 1 is 1.12 bits per heavy atom. The van der Waals surface area contributed by atoms with Gasteiger partial charge in [0.05, 0.1) is 5.41 Å². The molecule has 0 bridgehead atoms. The predicted octanol–water partition coefficient (Wildman–Crippen LogP) is 5.55. The summed E-state index contributed by atoms with van der Waals surface area (Å²) in [6, 6.07) is 10.4. The van der Waals surface area contributed by atoms with E-state index >= 15 is 0 Å². The highest BCUT2D eigenvalue weighted by Gasteiger charge is 2.43. The second-order valence-corrected chi connectivity index (χ2v) is 13.4. The Kier molecular flexibility index (Phi) is 5.87. The van der Waals surface area contributed by atoms with E-state index in [1.54, 1.807) is 0 Å². The molecule has 2 rings (SSSR count). The average Bonchev–Trinajstić information content (AvgIpc) is 2.68. The van der Waals surface area contributed by atoms with Gasteiger partial charge in [0, 0.05) is 13.0 Å². The average molecular weight is 345 g/mol. The number of benzene rings is 1. The van der Waals surface area contributed by atoms with Gasteiger partial charge in [-0.1, -0.05) is 63.3 Å². The molecule has 1 aliphatic carbocycles. The smallest absolute Gasteiger partial charge is 0.192 e. The van der Waals surface area contributed by atoms with Gasteiger partial charge in [-0.15, -0.1) is 0 Å². The molecule has 1 atom stereocenters. The topological polar surface area (TPSA) is 26.3 Å². The number of allylic oxidation sites excluding steroid dienone is 2. The Balaban J connectivity index is 2.26. The van der Waals surface area contributed by atoms with E-state index in [0.717, 1.165) is 19.3 Å². The molecule has 2 nitrogen and oxygen atoms in total. The molecule has 132 valence electrons. The third-order valence-electron chi connectivity index (χ3n) is 5.71. The lowest BCUT2D eigenvalue weighted by atomic mass is 9.75. The van der Waals surface area contributed by atoms with Gasteiger partial charge < -0.3 is 4.43 Å². The van der Waals surface area contributed by atoms with Crippen LogP contribution in [0.25, 0.3) is 0 Å². The number of hydrogen-bond donors (Lipinski definition) is 0. The summed E-state index contributed by atoms with van der Waals surface area (Å²) in [6.07, 6.45) is 7.38. The summed E-state index contributed by atoms with van der Waals surface area (Å²) in [7, 11) is -1.88. The molecule has 1 unspecified atom stereocenters. The van der Waals surface area contributed by atoms with Crippen LogP contribution in [0.1, 0.15) is 45.6 Å². The van der Waals surface area contributed by atoms with E-state index in [1.807, 2.05) is 6.07 Å². The molecule has 1 aromatic rings. The third-order valence-corrected chi connectivity index (χ3v) is 10.2. The van der Waals surface area contributed by atoms with Gasteiger partial charge in [0.25, 0.3) is 0 Å². The number of ketones is 1. The van der Waals surface area contributed by atoms with Gasteiger partial charge in [-0.05, 0) is 43.0 Å². The van der Waals surface area contributed by atoms with Gasteiger partial charge >= 0.3 is 0 Å². The maximum Gasteiger partial charge on any atom is 0.192 e. The van der Waals surface area contributed by atoms with Gasteiger partial charge in [-0.3, -0.25) is 4.79 Å². The summed E-state index contributed by atoms with van der Waals surface area (Å²) in [5, 5.41) is 0.157. The van der Waals surface area contributed by atoms with Crippen molar-refractivity contribution < 1.29 is 9.22 Å². The van der Waals surface area contributed by atoms with Crippen LogP contribution in [-0.4, -0.2) is 20.7 Å². The molecule has 0 heterocycles. The number of carbonyl (C=O) groups is 1. The van der Waals surface area contributed by atoms with Crippen molar-refractivity contribution in [1.29, 1.82) is 0 Å². The molecule has 1 aromatic carbocycles. The highest BCUT2D eigenvalue weighted by atomic mass is 28.4. The van der Waals surface area contributed by atoms with Crippen molar-refractivity contribution in [2.75, 3.05) is 6.61 Å². The highest BCUT2D eigenvalue weighted by molar-refractivity contribution is 6.74. The summed E-state index contributed by atoms with van der Waals surface area (Å²) >= 11 is 0. The number of Topliss-reactive ketones (excluding diaryl/α,β-unsaturated/α-hetero) is 1. The van der Waals surface area contributed by atoms with Crippen molar-refractivity contribution in [3.63, 3.8) is 0 Å². The van der Waals surface area contributed by atoms with E-state index in [2.05, 4.69) is 70.3 Å². The van der Waals surface area contributed by atoms with Gasteiger partial charge in [0.1, 0.15) is 5.78 Å². The molecular formula is C21H32O2Si. The molecule has 1 aliphatic rings. The standard InChI is InChI=1S/C21H32O2Si/c1-20(2,3)24(4,5)23-17-21(15-11-7-10-14-19(21)22)16-18-12-8-6-9-13-18/h6-9,11-13H,10,14-17H2,1-5H3. The van der Waals surface area contributed by atoms with E-state index in [1.165, 1.54) is 5.56 Å². The van der Waals surface area contributed by atoms with Crippen LogP contribution >= 0.6 is 0 Å². The van der Waals surface area contributed by atoms with Gasteiger partial charge in [0.15, 0.2) is 8.32 Å². The van der Waals surface area contributed by atoms with Crippen LogP contribution in [-0.2, 0) is 15.6 Å². The van der Waals surface area contributed by atoms with Crippen LogP contribution in [0, 0.1) is 5.41 Å². The van der Waals surface area contributed by atoms with Crippen LogP contribution in [0.15, 0.2) is 42.5 Å². The van der Waals surface area contributed by atoms with E-state index < -0.39 is 13.7 Å². The SMILES string of the molecule is CC(C)(C)[Si](C)(C)OCC1(Cc2ccccc2)CC=CCCC1=O. The molecule has 24 heavy (non-hydrogen) atoms. The molecular weight excluding hydrogens is 312 g/mol. The zero-order valence-corrected chi connectivity index (χ0v) is 16.9. The summed E-state index contributed by atoms with van der Waals surface area (Å²) < 4.78 is 6.52.